The summed E-state index contributed by atoms with van der Waals surface area (Å²) >= 11 is 0. The van der Waals surface area contributed by atoms with Crippen molar-refractivity contribution in [2.75, 3.05) is 13.1 Å². The van der Waals surface area contributed by atoms with E-state index in [2.05, 4.69) is 5.10 Å². The molecular weight excluding hydrogens is 313 g/mol. The molecule has 1 aromatic rings. The number of carbonyl (C=O) groups is 2. The number of nitrogens with two attached hydrogens (primary N) is 1. The van der Waals surface area contributed by atoms with Gasteiger partial charge in [-0.1, -0.05) is 0 Å². The Labute approximate surface area is 131 Å². The highest BCUT2D eigenvalue weighted by atomic mass is 19.4. The number of likely N-dealkylation sites (tertiary alicyclic amines) is 1. The molecule has 1 aliphatic heterocycles. The SMILES string of the molecule is CC(C)n1ccc(CC(=O)N2C[C@H](C(N)=O)[C@@H](C(F)(F)F)C2)n1. The van der Waals surface area contributed by atoms with Crippen molar-refractivity contribution in [2.45, 2.75) is 32.5 Å². The van der Waals surface area contributed by atoms with Gasteiger partial charge in [-0.3, -0.25) is 14.3 Å². The summed E-state index contributed by atoms with van der Waals surface area (Å²) in [6, 6.07) is 1.78. The van der Waals surface area contributed by atoms with Gasteiger partial charge in [-0.05, 0) is 19.9 Å². The number of hydrogen-bond donors (Lipinski definition) is 1. The number of halogens is 3. The minimum atomic E-state index is -4.56. The highest BCUT2D eigenvalue weighted by Gasteiger charge is 2.52. The number of alkyl halides is 3. The topological polar surface area (TPSA) is 81.2 Å². The standard InChI is InChI=1S/C14H19F3N4O2/c1-8(2)21-4-3-9(19-21)5-12(22)20-6-10(13(18)23)11(7-20)14(15,16)17/h3-4,8,10-11H,5-7H2,1-2H3,(H2,18,23)/t10-,11-/m0/s1. The van der Waals surface area contributed by atoms with Gasteiger partial charge in [-0.15, -0.1) is 0 Å². The van der Waals surface area contributed by atoms with Crippen LogP contribution in [0.25, 0.3) is 0 Å². The lowest BCUT2D eigenvalue weighted by atomic mass is 9.95. The molecule has 2 N–H and O–H groups in total. The fourth-order valence-electron chi connectivity index (χ4n) is 2.65. The number of aromatic nitrogens is 2. The van der Waals surface area contributed by atoms with Crippen LogP contribution in [0, 0.1) is 11.8 Å². The molecule has 0 radical (unpaired) electrons. The summed E-state index contributed by atoms with van der Waals surface area (Å²) in [5.74, 6) is -4.83. The predicted octanol–water partition coefficient (Wildman–Crippen LogP) is 1.13. The van der Waals surface area contributed by atoms with Gasteiger partial charge in [0.15, 0.2) is 0 Å². The third-order valence-corrected chi connectivity index (χ3v) is 3.98. The Hall–Kier alpha value is -2.06. The van der Waals surface area contributed by atoms with Crippen LogP contribution in [-0.2, 0) is 16.0 Å². The maximum Gasteiger partial charge on any atom is 0.394 e. The lowest BCUT2D eigenvalue weighted by Crippen LogP contribution is -2.37. The molecule has 2 rings (SSSR count). The minimum Gasteiger partial charge on any atom is -0.369 e. The first-order chi connectivity index (χ1) is 10.6. The van der Waals surface area contributed by atoms with Crippen molar-refractivity contribution < 1.29 is 22.8 Å². The zero-order chi connectivity index (χ0) is 17.4. The second-order valence-corrected chi connectivity index (χ2v) is 6.01. The molecule has 0 unspecified atom stereocenters. The van der Waals surface area contributed by atoms with E-state index in [1.54, 1.807) is 16.9 Å². The number of primary amides is 1. The van der Waals surface area contributed by atoms with E-state index in [1.165, 1.54) is 0 Å². The third-order valence-electron chi connectivity index (χ3n) is 3.98. The Morgan fingerprint density at radius 2 is 2.04 bits per heavy atom. The van der Waals surface area contributed by atoms with Crippen LogP contribution in [0.5, 0.6) is 0 Å². The minimum absolute atomic E-state index is 0.101. The van der Waals surface area contributed by atoms with Crippen LogP contribution in [0.15, 0.2) is 12.3 Å². The molecule has 6 nitrogen and oxygen atoms in total. The monoisotopic (exact) mass is 332 g/mol. The molecule has 128 valence electrons. The molecule has 0 bridgehead atoms. The van der Waals surface area contributed by atoms with Crippen molar-refractivity contribution in [1.29, 1.82) is 0 Å². The Morgan fingerprint density at radius 3 is 2.48 bits per heavy atom. The molecule has 23 heavy (non-hydrogen) atoms. The Bertz CT molecular complexity index is 597. The zero-order valence-electron chi connectivity index (χ0n) is 12.9. The fourth-order valence-corrected chi connectivity index (χ4v) is 2.65. The van der Waals surface area contributed by atoms with Crippen LogP contribution in [0.4, 0.5) is 13.2 Å². The molecule has 0 saturated carbocycles. The van der Waals surface area contributed by atoms with Crippen molar-refractivity contribution in [3.8, 4) is 0 Å². The van der Waals surface area contributed by atoms with Crippen molar-refractivity contribution in [1.82, 2.24) is 14.7 Å². The number of rotatable bonds is 4. The highest BCUT2D eigenvalue weighted by Crippen LogP contribution is 2.37. The van der Waals surface area contributed by atoms with Crippen LogP contribution in [0.2, 0.25) is 0 Å². The molecule has 9 heteroatoms. The first-order valence-electron chi connectivity index (χ1n) is 7.27. The van der Waals surface area contributed by atoms with E-state index in [0.717, 1.165) is 4.90 Å². The molecule has 0 aromatic carbocycles. The summed E-state index contributed by atoms with van der Waals surface area (Å²) in [6.45, 7) is 3.00. The molecule has 0 spiro atoms. The number of hydrogen-bond acceptors (Lipinski definition) is 3. The van der Waals surface area contributed by atoms with Crippen LogP contribution < -0.4 is 5.73 Å². The molecule has 1 aliphatic rings. The average molecular weight is 332 g/mol. The maximum absolute atomic E-state index is 13.0. The van der Waals surface area contributed by atoms with Gasteiger partial charge in [-0.2, -0.15) is 18.3 Å². The molecule has 2 amide bonds. The van der Waals surface area contributed by atoms with Crippen molar-refractivity contribution >= 4 is 11.8 Å². The first-order valence-corrected chi connectivity index (χ1v) is 7.27. The molecule has 1 aromatic heterocycles. The Morgan fingerprint density at radius 1 is 1.39 bits per heavy atom. The second-order valence-electron chi connectivity index (χ2n) is 6.01. The molecular formula is C14H19F3N4O2. The second kappa shape index (κ2) is 6.21. The molecule has 1 fully saturated rings. The van der Waals surface area contributed by atoms with E-state index < -0.39 is 36.4 Å². The largest absolute Gasteiger partial charge is 0.394 e. The quantitative estimate of drug-likeness (QED) is 0.897. The summed E-state index contributed by atoms with van der Waals surface area (Å²) in [7, 11) is 0. The van der Waals surface area contributed by atoms with Gasteiger partial charge in [0, 0.05) is 25.3 Å². The summed E-state index contributed by atoms with van der Waals surface area (Å²) in [5.41, 5.74) is 5.53. The Kier molecular flexibility index (Phi) is 4.67. The van der Waals surface area contributed by atoms with Crippen LogP contribution in [0.3, 0.4) is 0 Å². The smallest absolute Gasteiger partial charge is 0.369 e. The highest BCUT2D eigenvalue weighted by molar-refractivity contribution is 5.82. The van der Waals surface area contributed by atoms with E-state index in [-0.39, 0.29) is 19.0 Å². The third kappa shape index (κ3) is 3.83. The fraction of sp³-hybridized carbons (Fsp3) is 0.643. The maximum atomic E-state index is 13.0. The number of carbonyl (C=O) groups excluding carboxylic acids is 2. The van der Waals surface area contributed by atoms with Crippen LogP contribution >= 0.6 is 0 Å². The Balaban J connectivity index is 2.06. The average Bonchev–Trinajstić information content (AvgIpc) is 3.03. The zero-order valence-corrected chi connectivity index (χ0v) is 12.9. The van der Waals surface area contributed by atoms with Gasteiger partial charge in [-0.25, -0.2) is 0 Å². The summed E-state index contributed by atoms with van der Waals surface area (Å²) in [4.78, 5) is 24.5. The summed E-state index contributed by atoms with van der Waals surface area (Å²) < 4.78 is 40.6. The normalized spacial score (nSPS) is 21.9. The van der Waals surface area contributed by atoms with Gasteiger partial charge in [0.2, 0.25) is 11.8 Å². The van der Waals surface area contributed by atoms with Gasteiger partial charge in [0.1, 0.15) is 0 Å². The van der Waals surface area contributed by atoms with Gasteiger partial charge >= 0.3 is 6.18 Å². The van der Waals surface area contributed by atoms with Crippen molar-refractivity contribution in [3.63, 3.8) is 0 Å². The number of amides is 2. The molecule has 2 atom stereocenters. The molecule has 0 aliphatic carbocycles. The molecule has 1 saturated heterocycles. The van der Waals surface area contributed by atoms with Crippen LogP contribution in [0.1, 0.15) is 25.6 Å². The van der Waals surface area contributed by atoms with Gasteiger partial charge in [0.05, 0.1) is 24.0 Å². The number of nitrogens with zero attached hydrogens (tertiary/aromatic N) is 3. The first kappa shape index (κ1) is 17.3. The van der Waals surface area contributed by atoms with Crippen molar-refractivity contribution in [3.05, 3.63) is 18.0 Å². The summed E-state index contributed by atoms with van der Waals surface area (Å²) in [5, 5.41) is 4.20. The van der Waals surface area contributed by atoms with Gasteiger partial charge in [0.25, 0.3) is 0 Å². The lowest BCUT2D eigenvalue weighted by molar-refractivity contribution is -0.182. The van der Waals surface area contributed by atoms with E-state index in [9.17, 15) is 22.8 Å². The van der Waals surface area contributed by atoms with Crippen LogP contribution in [-0.4, -0.2) is 45.8 Å². The van der Waals surface area contributed by atoms with Gasteiger partial charge < -0.3 is 10.6 Å². The lowest BCUT2D eigenvalue weighted by Gasteiger charge is -2.18. The molecule has 2 heterocycles. The summed E-state index contributed by atoms with van der Waals surface area (Å²) in [6.07, 6.45) is -2.95. The predicted molar refractivity (Wildman–Crippen MR) is 75.1 cm³/mol. The van der Waals surface area contributed by atoms with E-state index >= 15 is 0 Å². The van der Waals surface area contributed by atoms with E-state index in [0.29, 0.717) is 5.69 Å². The van der Waals surface area contributed by atoms with E-state index in [4.69, 9.17) is 5.73 Å². The van der Waals surface area contributed by atoms with Crippen molar-refractivity contribution in [2.24, 2.45) is 17.6 Å². The van der Waals surface area contributed by atoms with E-state index in [1.807, 2.05) is 13.8 Å².